The van der Waals surface area contributed by atoms with Crippen LogP contribution in [-0.4, -0.2) is 23.7 Å². The van der Waals surface area contributed by atoms with Crippen LogP contribution in [0.15, 0.2) is 53.3 Å². The zero-order valence-corrected chi connectivity index (χ0v) is 11.9. The van der Waals surface area contributed by atoms with E-state index in [4.69, 9.17) is 9.15 Å². The van der Waals surface area contributed by atoms with Crippen LogP contribution in [0.4, 0.5) is 0 Å². The average molecular weight is 289 g/mol. The van der Waals surface area contributed by atoms with E-state index in [0.717, 1.165) is 0 Å². The normalized spacial score (nSPS) is 13.4. The number of hydrogen-bond acceptors (Lipinski definition) is 4. The Morgan fingerprint density at radius 3 is 2.76 bits per heavy atom. The number of para-hydroxylation sites is 1. The minimum Gasteiger partial charge on any atom is -0.481 e. The van der Waals surface area contributed by atoms with Crippen LogP contribution >= 0.6 is 0 Å². The molecule has 0 saturated carbocycles. The van der Waals surface area contributed by atoms with Crippen molar-refractivity contribution in [1.82, 2.24) is 5.32 Å². The van der Waals surface area contributed by atoms with Crippen LogP contribution < -0.4 is 10.1 Å². The van der Waals surface area contributed by atoms with Crippen molar-refractivity contribution in [3.63, 3.8) is 0 Å². The molecule has 0 fully saturated rings. The lowest BCUT2D eigenvalue weighted by Gasteiger charge is -2.15. The number of rotatable bonds is 7. The number of hydrogen-bond donors (Lipinski definition) is 2. The second-order valence-corrected chi connectivity index (χ2v) is 4.73. The van der Waals surface area contributed by atoms with Crippen LogP contribution in [0.5, 0.6) is 5.75 Å². The Balaban J connectivity index is 1.71. The molecule has 5 nitrogen and oxygen atoms in total. The molecule has 0 radical (unpaired) electrons. The standard InChI is InChI=1S/C16H19NO4/c1-12(21-14-5-3-2-4-6-14)16(19)17-9-7-15(18)13-8-10-20-11-13/h2-6,8,10-12,15,18H,7,9H2,1H3,(H,17,19)/t12-,15-/m0/s1. The third-order valence-electron chi connectivity index (χ3n) is 3.07. The van der Waals surface area contributed by atoms with Crippen LogP contribution in [0.3, 0.4) is 0 Å². The molecule has 0 spiro atoms. The van der Waals surface area contributed by atoms with E-state index in [1.54, 1.807) is 25.1 Å². The van der Waals surface area contributed by atoms with Gasteiger partial charge in [-0.2, -0.15) is 0 Å². The van der Waals surface area contributed by atoms with Gasteiger partial charge in [0.1, 0.15) is 5.75 Å². The number of aliphatic hydroxyl groups excluding tert-OH is 1. The fourth-order valence-electron chi connectivity index (χ4n) is 1.86. The van der Waals surface area contributed by atoms with Gasteiger partial charge in [0, 0.05) is 12.1 Å². The third-order valence-corrected chi connectivity index (χ3v) is 3.07. The van der Waals surface area contributed by atoms with Gasteiger partial charge >= 0.3 is 0 Å². The average Bonchev–Trinajstić information content (AvgIpc) is 3.02. The molecule has 0 aliphatic carbocycles. The molecular weight excluding hydrogens is 270 g/mol. The van der Waals surface area contributed by atoms with Gasteiger partial charge in [-0.25, -0.2) is 0 Å². The van der Waals surface area contributed by atoms with E-state index >= 15 is 0 Å². The van der Waals surface area contributed by atoms with E-state index in [0.29, 0.717) is 24.3 Å². The van der Waals surface area contributed by atoms with Crippen LogP contribution in [0.1, 0.15) is 25.0 Å². The van der Waals surface area contributed by atoms with E-state index in [2.05, 4.69) is 5.32 Å². The number of nitrogens with one attached hydrogen (secondary N) is 1. The second kappa shape index (κ2) is 7.50. The zero-order chi connectivity index (χ0) is 15.1. The van der Waals surface area contributed by atoms with Crippen LogP contribution in [0, 0.1) is 0 Å². The van der Waals surface area contributed by atoms with E-state index < -0.39 is 12.2 Å². The number of carbonyl (C=O) groups excluding carboxylic acids is 1. The maximum absolute atomic E-state index is 11.9. The number of amides is 1. The topological polar surface area (TPSA) is 71.7 Å². The first-order chi connectivity index (χ1) is 10.2. The van der Waals surface area contributed by atoms with Crippen molar-refractivity contribution in [2.24, 2.45) is 0 Å². The van der Waals surface area contributed by atoms with Gasteiger partial charge in [-0.15, -0.1) is 0 Å². The van der Waals surface area contributed by atoms with Gasteiger partial charge in [0.2, 0.25) is 0 Å². The Labute approximate surface area is 123 Å². The highest BCUT2D eigenvalue weighted by molar-refractivity contribution is 5.80. The summed E-state index contributed by atoms with van der Waals surface area (Å²) in [4.78, 5) is 11.9. The van der Waals surface area contributed by atoms with Crippen LogP contribution in [0.25, 0.3) is 0 Å². The summed E-state index contributed by atoms with van der Waals surface area (Å²) in [5.74, 6) is 0.442. The van der Waals surface area contributed by atoms with Crippen molar-refractivity contribution >= 4 is 5.91 Å². The van der Waals surface area contributed by atoms with Gasteiger partial charge in [0.15, 0.2) is 6.10 Å². The lowest BCUT2D eigenvalue weighted by molar-refractivity contribution is -0.127. The molecule has 0 bridgehead atoms. The number of furan rings is 1. The molecule has 2 rings (SSSR count). The lowest BCUT2D eigenvalue weighted by atomic mass is 10.1. The molecule has 2 N–H and O–H groups in total. The summed E-state index contributed by atoms with van der Waals surface area (Å²) in [7, 11) is 0. The number of ether oxygens (including phenoxy) is 1. The van der Waals surface area contributed by atoms with Gasteiger partial charge in [-0.05, 0) is 31.5 Å². The quantitative estimate of drug-likeness (QED) is 0.820. The summed E-state index contributed by atoms with van der Waals surface area (Å²) < 4.78 is 10.4. The Morgan fingerprint density at radius 1 is 1.33 bits per heavy atom. The van der Waals surface area contributed by atoms with Crippen molar-refractivity contribution in [2.75, 3.05) is 6.54 Å². The summed E-state index contributed by atoms with van der Waals surface area (Å²) in [5, 5.41) is 12.6. The highest BCUT2D eigenvalue weighted by atomic mass is 16.5. The van der Waals surface area contributed by atoms with E-state index in [9.17, 15) is 9.90 Å². The molecule has 1 amide bonds. The molecule has 1 aromatic heterocycles. The third kappa shape index (κ3) is 4.65. The molecule has 21 heavy (non-hydrogen) atoms. The van der Waals surface area contributed by atoms with Gasteiger partial charge in [-0.1, -0.05) is 18.2 Å². The second-order valence-electron chi connectivity index (χ2n) is 4.73. The Bertz CT molecular complexity index is 539. The highest BCUT2D eigenvalue weighted by Gasteiger charge is 2.15. The van der Waals surface area contributed by atoms with E-state index in [1.165, 1.54) is 12.5 Å². The first kappa shape index (κ1) is 15.1. The van der Waals surface area contributed by atoms with Crippen molar-refractivity contribution in [3.05, 3.63) is 54.5 Å². The SMILES string of the molecule is C[C@H](Oc1ccccc1)C(=O)NCC[C@H](O)c1ccoc1. The Morgan fingerprint density at radius 2 is 2.10 bits per heavy atom. The molecular formula is C16H19NO4. The van der Waals surface area contributed by atoms with Gasteiger partial charge in [0.05, 0.1) is 18.6 Å². The van der Waals surface area contributed by atoms with Crippen molar-refractivity contribution in [1.29, 1.82) is 0 Å². The maximum Gasteiger partial charge on any atom is 0.260 e. The minimum absolute atomic E-state index is 0.210. The molecule has 1 heterocycles. The molecule has 2 atom stereocenters. The summed E-state index contributed by atoms with van der Waals surface area (Å²) in [6, 6.07) is 10.9. The van der Waals surface area contributed by atoms with Crippen LogP contribution in [-0.2, 0) is 4.79 Å². The molecule has 2 aromatic rings. The van der Waals surface area contributed by atoms with Gasteiger partial charge in [-0.3, -0.25) is 4.79 Å². The van der Waals surface area contributed by atoms with Gasteiger partial charge < -0.3 is 19.6 Å². The molecule has 0 aliphatic heterocycles. The Kier molecular flexibility index (Phi) is 5.40. The van der Waals surface area contributed by atoms with Crippen molar-refractivity contribution < 1.29 is 19.1 Å². The first-order valence-corrected chi connectivity index (χ1v) is 6.86. The zero-order valence-electron chi connectivity index (χ0n) is 11.9. The monoisotopic (exact) mass is 289 g/mol. The molecule has 0 unspecified atom stereocenters. The largest absolute Gasteiger partial charge is 0.481 e. The Hall–Kier alpha value is -2.27. The van der Waals surface area contributed by atoms with E-state index in [1.807, 2.05) is 18.2 Å². The smallest absolute Gasteiger partial charge is 0.260 e. The maximum atomic E-state index is 11.9. The van der Waals surface area contributed by atoms with Gasteiger partial charge in [0.25, 0.3) is 5.91 Å². The summed E-state index contributed by atoms with van der Waals surface area (Å²) in [5.41, 5.74) is 0.706. The number of aliphatic hydroxyl groups is 1. The predicted molar refractivity (Wildman–Crippen MR) is 77.8 cm³/mol. The van der Waals surface area contributed by atoms with E-state index in [-0.39, 0.29) is 5.91 Å². The summed E-state index contributed by atoms with van der Waals surface area (Å²) in [6.07, 6.45) is 2.19. The first-order valence-electron chi connectivity index (χ1n) is 6.86. The predicted octanol–water partition coefficient (Wildman–Crippen LogP) is 2.29. The molecule has 1 aromatic carbocycles. The lowest BCUT2D eigenvalue weighted by Crippen LogP contribution is -2.37. The molecule has 0 saturated heterocycles. The van der Waals surface area contributed by atoms with Crippen molar-refractivity contribution in [3.8, 4) is 5.75 Å². The number of benzene rings is 1. The fourth-order valence-corrected chi connectivity index (χ4v) is 1.86. The minimum atomic E-state index is -0.644. The molecule has 112 valence electrons. The van der Waals surface area contributed by atoms with Crippen LogP contribution in [0.2, 0.25) is 0 Å². The van der Waals surface area contributed by atoms with Crippen molar-refractivity contribution in [2.45, 2.75) is 25.6 Å². The summed E-state index contributed by atoms with van der Waals surface area (Å²) >= 11 is 0. The number of carbonyl (C=O) groups is 1. The highest BCUT2D eigenvalue weighted by Crippen LogP contribution is 2.16. The fraction of sp³-hybridized carbons (Fsp3) is 0.312. The summed E-state index contributed by atoms with van der Waals surface area (Å²) in [6.45, 7) is 2.06. The molecule has 0 aliphatic rings. The molecule has 5 heteroatoms.